The maximum Gasteiger partial charge on any atom is 0.267 e. The molecule has 0 aromatic carbocycles. The number of aromatic nitrogens is 4. The average Bonchev–Trinajstić information content (AvgIpc) is 2.76. The van der Waals surface area contributed by atoms with Crippen LogP contribution < -0.4 is 5.32 Å². The van der Waals surface area contributed by atoms with Crippen LogP contribution in [-0.4, -0.2) is 46.3 Å². The second-order valence-electron chi connectivity index (χ2n) is 4.75. The molecular formula is C10H17N5O3S. The van der Waals surface area contributed by atoms with Crippen LogP contribution in [0.5, 0.6) is 0 Å². The highest BCUT2D eigenvalue weighted by Gasteiger charge is 2.26. The van der Waals surface area contributed by atoms with Crippen LogP contribution >= 0.6 is 0 Å². The third kappa shape index (κ3) is 3.49. The van der Waals surface area contributed by atoms with Gasteiger partial charge in [0.15, 0.2) is 0 Å². The van der Waals surface area contributed by atoms with Gasteiger partial charge in [0.2, 0.25) is 15.7 Å². The van der Waals surface area contributed by atoms with Gasteiger partial charge in [0.1, 0.15) is 5.75 Å². The average molecular weight is 287 g/mol. The number of aryl methyl sites for hydroxylation is 1. The maximum atomic E-state index is 11.9. The summed E-state index contributed by atoms with van der Waals surface area (Å²) in [5.74, 6) is -1.10. The molecule has 1 fully saturated rings. The number of rotatable bonds is 4. The first kappa shape index (κ1) is 13.9. The fourth-order valence-corrected chi connectivity index (χ4v) is 3.40. The van der Waals surface area contributed by atoms with Crippen molar-refractivity contribution in [2.24, 2.45) is 7.05 Å². The summed E-state index contributed by atoms with van der Waals surface area (Å²) in [6.45, 7) is 0. The molecule has 2 rings (SSSR count). The lowest BCUT2D eigenvalue weighted by Crippen LogP contribution is -2.39. The molecule has 0 aliphatic heterocycles. The molecule has 1 aliphatic carbocycles. The number of hydrogen-bond donors (Lipinski definition) is 1. The molecule has 106 valence electrons. The van der Waals surface area contributed by atoms with Gasteiger partial charge in [-0.15, -0.1) is 0 Å². The third-order valence-corrected chi connectivity index (χ3v) is 4.70. The highest BCUT2D eigenvalue weighted by Crippen LogP contribution is 2.17. The van der Waals surface area contributed by atoms with Crippen LogP contribution in [0.4, 0.5) is 0 Å². The largest absolute Gasteiger partial charge is 0.352 e. The Morgan fingerprint density at radius 2 is 2.05 bits per heavy atom. The zero-order valence-electron chi connectivity index (χ0n) is 10.7. The molecule has 0 saturated heterocycles. The highest BCUT2D eigenvalue weighted by atomic mass is 32.2. The molecule has 9 heteroatoms. The summed E-state index contributed by atoms with van der Waals surface area (Å²) in [7, 11) is -2.36. The minimum atomic E-state index is -3.78. The van der Waals surface area contributed by atoms with Gasteiger partial charge in [-0.3, -0.25) is 4.79 Å². The van der Waals surface area contributed by atoms with Crippen LogP contribution in [0.25, 0.3) is 0 Å². The fraction of sp³-hybridized carbons (Fsp3) is 0.800. The van der Waals surface area contributed by atoms with Gasteiger partial charge in [-0.1, -0.05) is 24.4 Å². The van der Waals surface area contributed by atoms with Crippen molar-refractivity contribution in [3.63, 3.8) is 0 Å². The standard InChI is InChI=1S/C10H17N5O3S/c1-15-10(12-13-14-15)19(17,18)7-9(16)11-8-5-3-2-4-6-8/h8H,2-7H2,1H3,(H,11,16). The van der Waals surface area contributed by atoms with E-state index < -0.39 is 21.5 Å². The number of carbonyl (C=O) groups excluding carboxylic acids is 1. The van der Waals surface area contributed by atoms with Crippen molar-refractivity contribution in [1.82, 2.24) is 25.5 Å². The molecular weight excluding hydrogens is 270 g/mol. The first-order valence-corrected chi connectivity index (χ1v) is 7.89. The predicted octanol–water partition coefficient (Wildman–Crippen LogP) is -0.567. The molecule has 1 aromatic heterocycles. The predicted molar refractivity (Wildman–Crippen MR) is 65.9 cm³/mol. The van der Waals surface area contributed by atoms with Gasteiger partial charge in [-0.05, 0) is 23.3 Å². The summed E-state index contributed by atoms with van der Waals surface area (Å²) in [5.41, 5.74) is 0. The monoisotopic (exact) mass is 287 g/mol. The second-order valence-corrected chi connectivity index (χ2v) is 6.63. The molecule has 8 nitrogen and oxygen atoms in total. The number of carbonyl (C=O) groups is 1. The molecule has 1 amide bonds. The summed E-state index contributed by atoms with van der Waals surface area (Å²) in [4.78, 5) is 11.8. The molecule has 0 atom stereocenters. The smallest absolute Gasteiger partial charge is 0.267 e. The van der Waals surface area contributed by atoms with Gasteiger partial charge in [0.05, 0.1) is 0 Å². The van der Waals surface area contributed by atoms with E-state index in [1.807, 2.05) is 0 Å². The van der Waals surface area contributed by atoms with Crippen molar-refractivity contribution in [2.75, 3.05) is 5.75 Å². The SMILES string of the molecule is Cn1nnnc1S(=O)(=O)CC(=O)NC1CCCCC1. The van der Waals surface area contributed by atoms with Crippen LogP contribution in [0.2, 0.25) is 0 Å². The summed E-state index contributed by atoms with van der Waals surface area (Å²) >= 11 is 0. The van der Waals surface area contributed by atoms with Crippen LogP contribution in [-0.2, 0) is 21.7 Å². The maximum absolute atomic E-state index is 11.9. The molecule has 19 heavy (non-hydrogen) atoms. The Morgan fingerprint density at radius 3 is 2.63 bits per heavy atom. The lowest BCUT2D eigenvalue weighted by molar-refractivity contribution is -0.119. The van der Waals surface area contributed by atoms with E-state index in [0.717, 1.165) is 30.4 Å². The summed E-state index contributed by atoms with van der Waals surface area (Å²) in [6.07, 6.45) is 5.15. The Kier molecular flexibility index (Phi) is 4.13. The van der Waals surface area contributed by atoms with Crippen molar-refractivity contribution in [2.45, 2.75) is 43.3 Å². The second kappa shape index (κ2) is 5.64. The minimum Gasteiger partial charge on any atom is -0.352 e. The van der Waals surface area contributed by atoms with Crippen molar-refractivity contribution < 1.29 is 13.2 Å². The Bertz CT molecular complexity index is 547. The van der Waals surface area contributed by atoms with Gasteiger partial charge in [0.25, 0.3) is 5.16 Å². The molecule has 1 N–H and O–H groups in total. The number of nitrogens with zero attached hydrogens (tertiary/aromatic N) is 4. The van der Waals surface area contributed by atoms with Crippen molar-refractivity contribution in [1.29, 1.82) is 0 Å². The molecule has 0 spiro atoms. The van der Waals surface area contributed by atoms with Crippen LogP contribution in [0.1, 0.15) is 32.1 Å². The summed E-state index contributed by atoms with van der Waals surface area (Å²) < 4.78 is 24.9. The Morgan fingerprint density at radius 1 is 1.37 bits per heavy atom. The van der Waals surface area contributed by atoms with Gasteiger partial charge in [-0.2, -0.15) is 0 Å². The zero-order valence-corrected chi connectivity index (χ0v) is 11.6. The molecule has 0 bridgehead atoms. The molecule has 1 aliphatic rings. The summed E-state index contributed by atoms with van der Waals surface area (Å²) in [6, 6.07) is 0.0917. The van der Waals surface area contributed by atoms with E-state index >= 15 is 0 Å². The summed E-state index contributed by atoms with van der Waals surface area (Å²) in [5, 5.41) is 12.6. The van der Waals surface area contributed by atoms with E-state index in [1.165, 1.54) is 13.5 Å². The van der Waals surface area contributed by atoms with Gasteiger partial charge >= 0.3 is 0 Å². The Hall–Kier alpha value is -1.51. The third-order valence-electron chi connectivity index (χ3n) is 3.15. The molecule has 0 unspecified atom stereocenters. The number of nitrogens with one attached hydrogen (secondary N) is 1. The lowest BCUT2D eigenvalue weighted by atomic mass is 9.95. The quantitative estimate of drug-likeness (QED) is 0.795. The van der Waals surface area contributed by atoms with Crippen LogP contribution in [0.15, 0.2) is 5.16 Å². The number of sulfone groups is 1. The normalized spacial score (nSPS) is 17.3. The highest BCUT2D eigenvalue weighted by molar-refractivity contribution is 7.91. The molecule has 1 heterocycles. The molecule has 1 saturated carbocycles. The number of amides is 1. The Balaban J connectivity index is 1.96. The number of hydrogen-bond acceptors (Lipinski definition) is 6. The van der Waals surface area contributed by atoms with E-state index in [9.17, 15) is 13.2 Å². The minimum absolute atomic E-state index is 0.0917. The van der Waals surface area contributed by atoms with Gasteiger partial charge in [-0.25, -0.2) is 13.1 Å². The molecule has 1 aromatic rings. The first-order valence-electron chi connectivity index (χ1n) is 6.23. The van der Waals surface area contributed by atoms with E-state index in [2.05, 4.69) is 20.8 Å². The van der Waals surface area contributed by atoms with Crippen LogP contribution in [0, 0.1) is 0 Å². The molecule has 0 radical (unpaired) electrons. The van der Waals surface area contributed by atoms with Gasteiger partial charge < -0.3 is 5.32 Å². The van der Waals surface area contributed by atoms with Gasteiger partial charge in [0, 0.05) is 13.1 Å². The van der Waals surface area contributed by atoms with E-state index in [1.54, 1.807) is 0 Å². The first-order chi connectivity index (χ1) is 8.99. The number of tetrazole rings is 1. The van der Waals surface area contributed by atoms with E-state index in [-0.39, 0.29) is 11.2 Å². The fourth-order valence-electron chi connectivity index (χ4n) is 2.24. The zero-order chi connectivity index (χ0) is 13.9. The van der Waals surface area contributed by atoms with Crippen molar-refractivity contribution in [3.8, 4) is 0 Å². The van der Waals surface area contributed by atoms with E-state index in [0.29, 0.717) is 0 Å². The topological polar surface area (TPSA) is 107 Å². The van der Waals surface area contributed by atoms with Crippen molar-refractivity contribution >= 4 is 15.7 Å². The van der Waals surface area contributed by atoms with Crippen LogP contribution in [0.3, 0.4) is 0 Å². The van der Waals surface area contributed by atoms with Crippen molar-refractivity contribution in [3.05, 3.63) is 0 Å². The van der Waals surface area contributed by atoms with E-state index in [4.69, 9.17) is 0 Å². The lowest BCUT2D eigenvalue weighted by Gasteiger charge is -2.22. The Labute approximate surface area is 111 Å².